The zero-order valence-electron chi connectivity index (χ0n) is 28.7. The van der Waals surface area contributed by atoms with Crippen molar-refractivity contribution < 1.29 is 0 Å². The molecular weight excluding hydrogens is 617 g/mol. The molecule has 2 heteroatoms. The van der Waals surface area contributed by atoms with E-state index in [0.717, 1.165) is 33.6 Å². The average Bonchev–Trinajstić information content (AvgIpc) is 3.43. The van der Waals surface area contributed by atoms with Crippen molar-refractivity contribution in [3.8, 4) is 78.4 Å². The lowest BCUT2D eigenvalue weighted by Crippen LogP contribution is -2.15. The summed E-state index contributed by atoms with van der Waals surface area (Å²) in [5.74, 6) is 0.705. The third kappa shape index (κ3) is 5.56. The van der Waals surface area contributed by atoms with E-state index in [1.807, 2.05) is 12.1 Å². The van der Waals surface area contributed by atoms with E-state index in [-0.39, 0.29) is 5.41 Å². The topological polar surface area (TPSA) is 25.8 Å². The van der Waals surface area contributed by atoms with Crippen LogP contribution >= 0.6 is 0 Å². The molecular formula is C49H36N2. The highest BCUT2D eigenvalue weighted by atomic mass is 14.9. The first kappa shape index (κ1) is 30.7. The van der Waals surface area contributed by atoms with Crippen molar-refractivity contribution in [3.05, 3.63) is 193 Å². The lowest BCUT2D eigenvalue weighted by Gasteiger charge is -2.23. The smallest absolute Gasteiger partial charge is 0.160 e. The van der Waals surface area contributed by atoms with Crippen LogP contribution in [0.2, 0.25) is 0 Å². The second kappa shape index (κ2) is 12.5. The summed E-state index contributed by atoms with van der Waals surface area (Å²) in [4.78, 5) is 10.3. The van der Waals surface area contributed by atoms with Gasteiger partial charge in [-0.3, -0.25) is 0 Å². The van der Waals surface area contributed by atoms with Gasteiger partial charge in [0, 0.05) is 22.1 Å². The van der Waals surface area contributed by atoms with Crippen molar-refractivity contribution >= 4 is 0 Å². The maximum Gasteiger partial charge on any atom is 0.160 e. The van der Waals surface area contributed by atoms with Gasteiger partial charge in [0.05, 0.1) is 11.4 Å². The fraction of sp³-hybridized carbons (Fsp3) is 0.0612. The van der Waals surface area contributed by atoms with E-state index >= 15 is 0 Å². The summed E-state index contributed by atoms with van der Waals surface area (Å²) < 4.78 is 0. The van der Waals surface area contributed by atoms with Crippen LogP contribution in [0.25, 0.3) is 78.4 Å². The molecule has 0 bridgehead atoms. The zero-order chi connectivity index (χ0) is 34.4. The van der Waals surface area contributed by atoms with Crippen molar-refractivity contribution in [2.45, 2.75) is 19.3 Å². The Hall–Kier alpha value is -6.38. The predicted octanol–water partition coefficient (Wildman–Crippen LogP) is 12.8. The molecule has 0 atom stereocenters. The molecule has 7 aromatic carbocycles. The van der Waals surface area contributed by atoms with Crippen LogP contribution in [0.5, 0.6) is 0 Å². The molecule has 8 aromatic rings. The van der Waals surface area contributed by atoms with E-state index in [2.05, 4.69) is 184 Å². The van der Waals surface area contributed by atoms with Crippen molar-refractivity contribution in [1.82, 2.24) is 9.97 Å². The molecule has 1 aromatic heterocycles. The van der Waals surface area contributed by atoms with Crippen LogP contribution in [-0.2, 0) is 5.41 Å². The summed E-state index contributed by atoms with van der Waals surface area (Å²) in [6, 6.07) is 64.8. The van der Waals surface area contributed by atoms with Gasteiger partial charge in [0.25, 0.3) is 0 Å². The third-order valence-electron chi connectivity index (χ3n) is 10.3. The Balaban J connectivity index is 1.16. The molecule has 0 spiro atoms. The Morgan fingerprint density at radius 3 is 1.53 bits per heavy atom. The van der Waals surface area contributed by atoms with Gasteiger partial charge < -0.3 is 0 Å². The minimum Gasteiger partial charge on any atom is -0.228 e. The standard InChI is InChI=1S/C49H36N2/c1-49(2)44-24-13-12-23-40(44)43-30-41(34-17-8-4-9-18-34)42(31-45(43)49)35-25-27-37(28-26-35)48-50-46(36-19-10-5-11-20-36)32-47(51-48)39-22-14-21-38(29-39)33-15-6-3-7-16-33/h3-32H,1-2H3. The number of nitrogens with zero attached hydrogens (tertiary/aromatic N) is 2. The zero-order valence-corrected chi connectivity index (χ0v) is 28.7. The molecule has 0 unspecified atom stereocenters. The van der Waals surface area contributed by atoms with E-state index in [9.17, 15) is 0 Å². The van der Waals surface area contributed by atoms with Gasteiger partial charge in [-0.25, -0.2) is 9.97 Å². The quantitative estimate of drug-likeness (QED) is 0.179. The van der Waals surface area contributed by atoms with E-state index in [4.69, 9.17) is 9.97 Å². The van der Waals surface area contributed by atoms with E-state index < -0.39 is 0 Å². The molecule has 0 saturated heterocycles. The maximum atomic E-state index is 5.18. The van der Waals surface area contributed by atoms with E-state index in [0.29, 0.717) is 5.82 Å². The van der Waals surface area contributed by atoms with Crippen molar-refractivity contribution in [2.24, 2.45) is 0 Å². The van der Waals surface area contributed by atoms with Gasteiger partial charge >= 0.3 is 0 Å². The minimum absolute atomic E-state index is 0.0875. The van der Waals surface area contributed by atoms with Crippen LogP contribution in [-0.4, -0.2) is 9.97 Å². The van der Waals surface area contributed by atoms with Crippen molar-refractivity contribution in [1.29, 1.82) is 0 Å². The number of hydrogen-bond donors (Lipinski definition) is 0. The maximum absolute atomic E-state index is 5.18. The molecule has 0 N–H and O–H groups in total. The SMILES string of the molecule is CC1(C)c2ccccc2-c2cc(-c3ccccc3)c(-c3ccc(-c4nc(-c5ccccc5)cc(-c5cccc(-c6ccccc6)c5)n4)cc3)cc21. The van der Waals surface area contributed by atoms with Gasteiger partial charge in [-0.15, -0.1) is 0 Å². The molecule has 0 aliphatic heterocycles. The van der Waals surface area contributed by atoms with Gasteiger partial charge in [-0.1, -0.05) is 172 Å². The normalized spacial score (nSPS) is 12.7. The Kier molecular flexibility index (Phi) is 7.51. The lowest BCUT2D eigenvalue weighted by molar-refractivity contribution is 0.660. The number of aromatic nitrogens is 2. The summed E-state index contributed by atoms with van der Waals surface area (Å²) in [5.41, 5.74) is 17.4. The van der Waals surface area contributed by atoms with E-state index in [1.54, 1.807) is 0 Å². The fourth-order valence-electron chi connectivity index (χ4n) is 7.61. The number of fused-ring (bicyclic) bond motifs is 3. The van der Waals surface area contributed by atoms with Crippen LogP contribution in [0.1, 0.15) is 25.0 Å². The highest BCUT2D eigenvalue weighted by Crippen LogP contribution is 2.51. The fourth-order valence-corrected chi connectivity index (χ4v) is 7.61. The summed E-state index contributed by atoms with van der Waals surface area (Å²) >= 11 is 0. The second-order valence-corrected chi connectivity index (χ2v) is 13.8. The van der Waals surface area contributed by atoms with Crippen LogP contribution in [0.4, 0.5) is 0 Å². The second-order valence-electron chi connectivity index (χ2n) is 13.8. The summed E-state index contributed by atoms with van der Waals surface area (Å²) in [5, 5.41) is 0. The molecule has 1 aliphatic rings. The monoisotopic (exact) mass is 652 g/mol. The Morgan fingerprint density at radius 2 is 0.824 bits per heavy atom. The van der Waals surface area contributed by atoms with Gasteiger partial charge in [0.1, 0.15) is 0 Å². The van der Waals surface area contributed by atoms with Crippen molar-refractivity contribution in [2.75, 3.05) is 0 Å². The highest BCUT2D eigenvalue weighted by Gasteiger charge is 2.36. The minimum atomic E-state index is -0.0875. The number of rotatable bonds is 6. The predicted molar refractivity (Wildman–Crippen MR) is 212 cm³/mol. The van der Waals surface area contributed by atoms with Gasteiger partial charge in [0.2, 0.25) is 0 Å². The average molecular weight is 653 g/mol. The van der Waals surface area contributed by atoms with Crippen molar-refractivity contribution in [3.63, 3.8) is 0 Å². The molecule has 1 aliphatic carbocycles. The number of hydrogen-bond acceptors (Lipinski definition) is 2. The molecule has 0 amide bonds. The Labute approximate surface area is 299 Å². The molecule has 0 fully saturated rings. The van der Waals surface area contributed by atoms with Gasteiger partial charge in [-0.05, 0) is 79.9 Å². The first-order chi connectivity index (χ1) is 25.0. The van der Waals surface area contributed by atoms with Crippen LogP contribution in [0, 0.1) is 0 Å². The van der Waals surface area contributed by atoms with Gasteiger partial charge in [0.15, 0.2) is 5.82 Å². The first-order valence-electron chi connectivity index (χ1n) is 17.6. The largest absolute Gasteiger partial charge is 0.228 e. The summed E-state index contributed by atoms with van der Waals surface area (Å²) in [7, 11) is 0. The van der Waals surface area contributed by atoms with Crippen LogP contribution in [0.3, 0.4) is 0 Å². The lowest BCUT2D eigenvalue weighted by atomic mass is 9.80. The molecule has 242 valence electrons. The molecule has 1 heterocycles. The summed E-state index contributed by atoms with van der Waals surface area (Å²) in [6.07, 6.45) is 0. The third-order valence-corrected chi connectivity index (χ3v) is 10.3. The summed E-state index contributed by atoms with van der Waals surface area (Å²) in [6.45, 7) is 4.69. The van der Waals surface area contributed by atoms with Crippen LogP contribution < -0.4 is 0 Å². The Morgan fingerprint density at radius 1 is 0.314 bits per heavy atom. The van der Waals surface area contributed by atoms with E-state index in [1.165, 1.54) is 50.1 Å². The Bertz CT molecular complexity index is 2520. The first-order valence-corrected chi connectivity index (χ1v) is 17.6. The van der Waals surface area contributed by atoms with Crippen LogP contribution in [0.15, 0.2) is 182 Å². The molecule has 0 radical (unpaired) electrons. The molecule has 2 nitrogen and oxygen atoms in total. The van der Waals surface area contributed by atoms with Gasteiger partial charge in [-0.2, -0.15) is 0 Å². The highest BCUT2D eigenvalue weighted by molar-refractivity contribution is 5.92. The molecule has 0 saturated carbocycles. The molecule has 9 rings (SSSR count). The number of benzene rings is 7. The molecule has 51 heavy (non-hydrogen) atoms.